The van der Waals surface area contributed by atoms with Gasteiger partial charge in [0, 0.05) is 36.4 Å². The van der Waals surface area contributed by atoms with Crippen LogP contribution in [0.1, 0.15) is 33.8 Å². The molecule has 1 aliphatic heterocycles. The normalized spacial score (nSPS) is 15.4. The van der Waals surface area contributed by atoms with Crippen molar-refractivity contribution >= 4 is 23.1 Å². The molecular weight excluding hydrogens is 413 g/mol. The zero-order valence-corrected chi connectivity index (χ0v) is 16.9. The quantitative estimate of drug-likeness (QED) is 0.647. The first-order chi connectivity index (χ1) is 14.4. The van der Waals surface area contributed by atoms with Gasteiger partial charge in [-0.3, -0.25) is 4.79 Å². The number of anilines is 1. The smallest absolute Gasteiger partial charge is 0.356 e. The van der Waals surface area contributed by atoms with Crippen molar-refractivity contribution in [2.45, 2.75) is 31.6 Å². The highest BCUT2D eigenvalue weighted by Crippen LogP contribution is 2.29. The Bertz CT molecular complexity index is 975. The molecule has 1 aliphatic rings. The van der Waals surface area contributed by atoms with Crippen molar-refractivity contribution < 1.29 is 18.0 Å². The lowest BCUT2D eigenvalue weighted by molar-refractivity contribution is -0.137. The van der Waals surface area contributed by atoms with Gasteiger partial charge in [-0.25, -0.2) is 4.98 Å². The zero-order valence-electron chi connectivity index (χ0n) is 16.1. The summed E-state index contributed by atoms with van der Waals surface area (Å²) in [6.45, 7) is 1.91. The number of hydrogen-bond acceptors (Lipinski definition) is 4. The SMILES string of the molecule is O=C(NC1CCN(c2ccc(C(F)(F)F)cn2)CC1)c1cccn1Cc1cccs1. The summed E-state index contributed by atoms with van der Waals surface area (Å²) >= 11 is 1.65. The number of nitrogens with zero attached hydrogens (tertiary/aromatic N) is 3. The second-order valence-electron chi connectivity index (χ2n) is 7.24. The highest BCUT2D eigenvalue weighted by Gasteiger charge is 2.31. The number of alkyl halides is 3. The summed E-state index contributed by atoms with van der Waals surface area (Å²) in [7, 11) is 0. The third kappa shape index (κ3) is 4.67. The predicted octanol–water partition coefficient (Wildman–Crippen LogP) is 4.41. The number of carbonyl (C=O) groups is 1. The maximum atomic E-state index is 12.7. The minimum Gasteiger partial charge on any atom is -0.356 e. The topological polar surface area (TPSA) is 50.2 Å². The predicted molar refractivity (Wildman–Crippen MR) is 110 cm³/mol. The van der Waals surface area contributed by atoms with Crippen LogP contribution in [-0.4, -0.2) is 34.6 Å². The van der Waals surface area contributed by atoms with E-state index in [9.17, 15) is 18.0 Å². The molecule has 3 aromatic heterocycles. The van der Waals surface area contributed by atoms with Crippen LogP contribution in [0, 0.1) is 0 Å². The number of carbonyl (C=O) groups excluding carboxylic acids is 1. The average Bonchev–Trinajstić information content (AvgIpc) is 3.40. The lowest BCUT2D eigenvalue weighted by Crippen LogP contribution is -2.45. The van der Waals surface area contributed by atoms with Gasteiger partial charge in [0.2, 0.25) is 0 Å². The molecule has 158 valence electrons. The molecule has 3 aromatic rings. The molecule has 0 unspecified atom stereocenters. The first-order valence-electron chi connectivity index (χ1n) is 9.67. The summed E-state index contributed by atoms with van der Waals surface area (Å²) < 4.78 is 40.0. The first-order valence-corrected chi connectivity index (χ1v) is 10.5. The Morgan fingerprint density at radius 1 is 1.17 bits per heavy atom. The third-order valence-corrected chi connectivity index (χ3v) is 6.06. The largest absolute Gasteiger partial charge is 0.417 e. The van der Waals surface area contributed by atoms with E-state index in [1.165, 1.54) is 10.9 Å². The van der Waals surface area contributed by atoms with Crippen molar-refractivity contribution in [2.75, 3.05) is 18.0 Å². The summed E-state index contributed by atoms with van der Waals surface area (Å²) in [5.74, 6) is 0.417. The summed E-state index contributed by atoms with van der Waals surface area (Å²) in [6, 6.07) is 10.2. The molecule has 0 aliphatic carbocycles. The van der Waals surface area contributed by atoms with Gasteiger partial charge in [-0.1, -0.05) is 6.07 Å². The van der Waals surface area contributed by atoms with Crippen molar-refractivity contribution in [1.29, 1.82) is 0 Å². The minimum absolute atomic E-state index is 0.0216. The summed E-state index contributed by atoms with van der Waals surface area (Å²) in [6.07, 6.45) is -0.206. The van der Waals surface area contributed by atoms with Crippen molar-refractivity contribution in [1.82, 2.24) is 14.9 Å². The number of rotatable bonds is 5. The molecule has 4 heterocycles. The van der Waals surface area contributed by atoms with E-state index in [2.05, 4.69) is 10.3 Å². The van der Waals surface area contributed by atoms with Gasteiger partial charge in [0.15, 0.2) is 0 Å². The van der Waals surface area contributed by atoms with Gasteiger partial charge >= 0.3 is 6.18 Å². The maximum Gasteiger partial charge on any atom is 0.417 e. The molecule has 9 heteroatoms. The van der Waals surface area contributed by atoms with Crippen LogP contribution in [0.3, 0.4) is 0 Å². The number of aromatic nitrogens is 2. The number of nitrogens with one attached hydrogen (secondary N) is 1. The Labute approximate surface area is 176 Å². The Morgan fingerprint density at radius 2 is 1.97 bits per heavy atom. The fraction of sp³-hybridized carbons (Fsp3) is 0.333. The van der Waals surface area contributed by atoms with Gasteiger partial charge < -0.3 is 14.8 Å². The molecule has 4 rings (SSSR count). The second-order valence-corrected chi connectivity index (χ2v) is 8.27. The summed E-state index contributed by atoms with van der Waals surface area (Å²) in [5.41, 5.74) is -0.130. The fourth-order valence-corrected chi connectivity index (χ4v) is 4.28. The van der Waals surface area contributed by atoms with Crippen LogP contribution in [0.15, 0.2) is 54.2 Å². The van der Waals surface area contributed by atoms with Crippen LogP contribution in [0.25, 0.3) is 0 Å². The number of pyridine rings is 1. The summed E-state index contributed by atoms with van der Waals surface area (Å²) in [4.78, 5) is 19.8. The van der Waals surface area contributed by atoms with Crippen LogP contribution in [-0.2, 0) is 12.7 Å². The van der Waals surface area contributed by atoms with E-state index < -0.39 is 11.7 Å². The molecule has 1 amide bonds. The molecule has 1 saturated heterocycles. The number of halogens is 3. The van der Waals surface area contributed by atoms with Crippen molar-refractivity contribution in [3.63, 3.8) is 0 Å². The van der Waals surface area contributed by atoms with E-state index in [4.69, 9.17) is 0 Å². The van der Waals surface area contributed by atoms with E-state index in [0.29, 0.717) is 44.0 Å². The molecule has 5 nitrogen and oxygen atoms in total. The maximum absolute atomic E-state index is 12.7. The fourth-order valence-electron chi connectivity index (χ4n) is 3.58. The minimum atomic E-state index is -4.38. The van der Waals surface area contributed by atoms with Crippen LogP contribution in [0.5, 0.6) is 0 Å². The zero-order chi connectivity index (χ0) is 21.1. The van der Waals surface area contributed by atoms with Gasteiger partial charge in [-0.15, -0.1) is 11.3 Å². The van der Waals surface area contributed by atoms with E-state index in [1.54, 1.807) is 11.3 Å². The standard InChI is InChI=1S/C21H21F3N4OS/c22-21(23,24)15-5-6-19(25-13-15)27-10-7-16(8-11-27)26-20(29)18-4-1-9-28(18)14-17-3-2-12-30-17/h1-6,9,12-13,16H,7-8,10-11,14H2,(H,26,29). The Balaban J connectivity index is 1.32. The monoisotopic (exact) mass is 434 g/mol. The molecule has 0 saturated carbocycles. The first kappa shape index (κ1) is 20.5. The number of amides is 1. The van der Waals surface area contributed by atoms with Gasteiger partial charge in [0.1, 0.15) is 11.5 Å². The lowest BCUT2D eigenvalue weighted by Gasteiger charge is -2.33. The molecular formula is C21H21F3N4OS. The molecule has 0 bridgehead atoms. The molecule has 0 aromatic carbocycles. The highest BCUT2D eigenvalue weighted by atomic mass is 32.1. The molecule has 0 atom stereocenters. The van der Waals surface area contributed by atoms with Crippen LogP contribution in [0.4, 0.5) is 19.0 Å². The summed E-state index contributed by atoms with van der Waals surface area (Å²) in [5, 5.41) is 5.10. The molecule has 0 radical (unpaired) electrons. The van der Waals surface area contributed by atoms with Crippen LogP contribution in [0.2, 0.25) is 0 Å². The van der Waals surface area contributed by atoms with Crippen molar-refractivity contribution in [3.05, 3.63) is 70.3 Å². The molecule has 1 fully saturated rings. The Kier molecular flexibility index (Phi) is 5.80. The van der Waals surface area contributed by atoms with Crippen molar-refractivity contribution in [2.24, 2.45) is 0 Å². The van der Waals surface area contributed by atoms with Crippen LogP contribution >= 0.6 is 11.3 Å². The van der Waals surface area contributed by atoms with Gasteiger partial charge in [-0.2, -0.15) is 13.2 Å². The van der Waals surface area contributed by atoms with Crippen molar-refractivity contribution in [3.8, 4) is 0 Å². The van der Waals surface area contributed by atoms with E-state index in [1.807, 2.05) is 45.3 Å². The molecule has 30 heavy (non-hydrogen) atoms. The highest BCUT2D eigenvalue weighted by molar-refractivity contribution is 7.09. The Morgan fingerprint density at radius 3 is 2.60 bits per heavy atom. The number of thiophene rings is 1. The molecule has 0 spiro atoms. The van der Waals surface area contributed by atoms with E-state index in [0.717, 1.165) is 12.3 Å². The number of piperidine rings is 1. The second kappa shape index (κ2) is 8.51. The number of hydrogen-bond donors (Lipinski definition) is 1. The van der Waals surface area contributed by atoms with Gasteiger partial charge in [0.25, 0.3) is 5.91 Å². The third-order valence-electron chi connectivity index (χ3n) is 5.20. The van der Waals surface area contributed by atoms with Gasteiger partial charge in [0.05, 0.1) is 12.1 Å². The molecule has 1 N–H and O–H groups in total. The Hall–Kier alpha value is -2.81. The average molecular weight is 434 g/mol. The van der Waals surface area contributed by atoms with E-state index in [-0.39, 0.29) is 11.9 Å². The van der Waals surface area contributed by atoms with Crippen LogP contribution < -0.4 is 10.2 Å². The van der Waals surface area contributed by atoms with E-state index >= 15 is 0 Å². The lowest BCUT2D eigenvalue weighted by atomic mass is 10.0. The van der Waals surface area contributed by atoms with Gasteiger partial charge in [-0.05, 0) is 48.6 Å².